The molecule has 30 heavy (non-hydrogen) atoms. The zero-order valence-corrected chi connectivity index (χ0v) is 18.4. The molecule has 0 radical (unpaired) electrons. The van der Waals surface area contributed by atoms with E-state index in [2.05, 4.69) is 69.0 Å². The fourth-order valence-corrected chi connectivity index (χ4v) is 3.88. The first-order chi connectivity index (χ1) is 14.4. The predicted octanol–water partition coefficient (Wildman–Crippen LogP) is 6.60. The van der Waals surface area contributed by atoms with Gasteiger partial charge in [0.1, 0.15) is 0 Å². The maximum atomic E-state index is 11.7. The van der Waals surface area contributed by atoms with Gasteiger partial charge in [0.15, 0.2) is 0 Å². The lowest BCUT2D eigenvalue weighted by Gasteiger charge is -2.38. The first kappa shape index (κ1) is 21.7. The van der Waals surface area contributed by atoms with Crippen molar-refractivity contribution in [3.05, 3.63) is 89.0 Å². The molecule has 0 fully saturated rings. The molecule has 2 aromatic carbocycles. The Hall–Kier alpha value is -3.05. The zero-order valence-electron chi connectivity index (χ0n) is 18.4. The molecule has 0 saturated heterocycles. The molecule has 0 bridgehead atoms. The van der Waals surface area contributed by atoms with Crippen LogP contribution in [-0.2, 0) is 4.74 Å². The highest BCUT2D eigenvalue weighted by atomic mass is 16.5. The van der Waals surface area contributed by atoms with Gasteiger partial charge in [-0.1, -0.05) is 67.7 Å². The monoisotopic (exact) mass is 398 g/mol. The van der Waals surface area contributed by atoms with Crippen LogP contribution in [-0.4, -0.2) is 12.6 Å². The third-order valence-electron chi connectivity index (χ3n) is 5.70. The van der Waals surface area contributed by atoms with E-state index in [0.29, 0.717) is 18.1 Å². The van der Waals surface area contributed by atoms with E-state index in [-0.39, 0.29) is 11.4 Å². The Morgan fingerprint density at radius 2 is 1.83 bits per heavy atom. The molecule has 0 heterocycles. The van der Waals surface area contributed by atoms with E-state index in [1.165, 1.54) is 23.1 Å². The summed E-state index contributed by atoms with van der Waals surface area (Å²) in [7, 11) is 0. The number of ether oxygens (including phenoxy) is 1. The van der Waals surface area contributed by atoms with Gasteiger partial charge in [-0.15, -0.1) is 0 Å². The number of carbonyl (C=O) groups is 1. The second-order valence-corrected chi connectivity index (χ2v) is 8.46. The average Bonchev–Trinajstić information content (AvgIpc) is 2.73. The highest BCUT2D eigenvalue weighted by Gasteiger charge is 2.33. The molecule has 0 aliphatic heterocycles. The molecule has 0 spiro atoms. The Kier molecular flexibility index (Phi) is 6.95. The smallest absolute Gasteiger partial charge is 0.338 e. The molecule has 0 saturated carbocycles. The van der Waals surface area contributed by atoms with Gasteiger partial charge in [-0.05, 0) is 73.6 Å². The highest BCUT2D eigenvalue weighted by Crippen LogP contribution is 2.45. The van der Waals surface area contributed by atoms with Crippen LogP contribution in [0.25, 0.3) is 5.57 Å². The number of hydrogen-bond acceptors (Lipinski definition) is 2. The van der Waals surface area contributed by atoms with Gasteiger partial charge in [-0.2, -0.15) is 0 Å². The average molecular weight is 399 g/mol. The summed E-state index contributed by atoms with van der Waals surface area (Å²) in [5.74, 6) is 6.36. The van der Waals surface area contributed by atoms with Gasteiger partial charge >= 0.3 is 5.97 Å². The second-order valence-electron chi connectivity index (χ2n) is 8.46. The second kappa shape index (κ2) is 9.63. The van der Waals surface area contributed by atoms with Gasteiger partial charge in [-0.25, -0.2) is 4.79 Å². The van der Waals surface area contributed by atoms with E-state index >= 15 is 0 Å². The zero-order chi connectivity index (χ0) is 21.6. The largest absolute Gasteiger partial charge is 0.462 e. The SMILES string of the molecule is CCOC(=O)c1ccc(C#CC=CC2C(c3ccc(C)cc3)=CCCC2(C)C)cc1. The minimum absolute atomic E-state index is 0.189. The lowest BCUT2D eigenvalue weighted by Crippen LogP contribution is -2.26. The van der Waals surface area contributed by atoms with Gasteiger partial charge in [0.05, 0.1) is 12.2 Å². The minimum atomic E-state index is -0.299. The number of aryl methyl sites for hydroxylation is 1. The lowest BCUT2D eigenvalue weighted by atomic mass is 9.67. The molecule has 2 heteroatoms. The Labute approximate surface area is 180 Å². The first-order valence-corrected chi connectivity index (χ1v) is 10.6. The molecule has 2 aromatic rings. The maximum Gasteiger partial charge on any atom is 0.338 e. The fourth-order valence-electron chi connectivity index (χ4n) is 3.88. The Morgan fingerprint density at radius 3 is 2.50 bits per heavy atom. The summed E-state index contributed by atoms with van der Waals surface area (Å²) in [5.41, 5.74) is 5.59. The van der Waals surface area contributed by atoms with Crippen LogP contribution in [0.3, 0.4) is 0 Å². The van der Waals surface area contributed by atoms with Gasteiger partial charge < -0.3 is 4.74 Å². The number of rotatable bonds is 4. The summed E-state index contributed by atoms with van der Waals surface area (Å²) in [6.07, 6.45) is 8.87. The standard InChI is InChI=1S/C28H30O2/c1-5-30-27(29)24-18-14-22(15-19-24)9-6-7-11-26-25(10-8-20-28(26,3)4)23-16-12-21(2)13-17-23/h7,10-19,26H,5,8,20H2,1-4H3. The van der Waals surface area contributed by atoms with Crippen molar-refractivity contribution in [3.63, 3.8) is 0 Å². The minimum Gasteiger partial charge on any atom is -0.462 e. The van der Waals surface area contributed by atoms with Crippen LogP contribution in [0.2, 0.25) is 0 Å². The molecule has 1 atom stereocenters. The molecule has 1 aliphatic rings. The Balaban J connectivity index is 1.76. The fraction of sp³-hybridized carbons (Fsp3) is 0.321. The van der Waals surface area contributed by atoms with Crippen LogP contribution in [0.4, 0.5) is 0 Å². The summed E-state index contributed by atoms with van der Waals surface area (Å²) in [5, 5.41) is 0. The number of benzene rings is 2. The summed E-state index contributed by atoms with van der Waals surface area (Å²) >= 11 is 0. The Bertz CT molecular complexity index is 993. The molecular formula is C28H30O2. The molecule has 0 amide bonds. The number of allylic oxidation sites excluding steroid dienone is 4. The quantitative estimate of drug-likeness (QED) is 0.428. The van der Waals surface area contributed by atoms with Crippen molar-refractivity contribution >= 4 is 11.5 Å². The normalized spacial score (nSPS) is 17.7. The van der Waals surface area contributed by atoms with E-state index in [1.807, 2.05) is 18.2 Å². The van der Waals surface area contributed by atoms with Gasteiger partial charge in [0.2, 0.25) is 0 Å². The van der Waals surface area contributed by atoms with Crippen molar-refractivity contribution in [2.24, 2.45) is 11.3 Å². The number of hydrogen-bond donors (Lipinski definition) is 0. The van der Waals surface area contributed by atoms with Crippen LogP contribution in [0, 0.1) is 30.1 Å². The summed E-state index contributed by atoms with van der Waals surface area (Å²) in [4.78, 5) is 11.7. The first-order valence-electron chi connectivity index (χ1n) is 10.6. The molecule has 1 aliphatic carbocycles. The van der Waals surface area contributed by atoms with Gasteiger partial charge in [-0.3, -0.25) is 0 Å². The Morgan fingerprint density at radius 1 is 1.13 bits per heavy atom. The molecule has 154 valence electrons. The van der Waals surface area contributed by atoms with E-state index < -0.39 is 0 Å². The van der Waals surface area contributed by atoms with Crippen molar-refractivity contribution in [2.75, 3.05) is 6.61 Å². The summed E-state index contributed by atoms with van der Waals surface area (Å²) in [6.45, 7) is 8.98. The van der Waals surface area contributed by atoms with Crippen LogP contribution in [0.1, 0.15) is 60.7 Å². The van der Waals surface area contributed by atoms with Crippen molar-refractivity contribution in [2.45, 2.75) is 40.5 Å². The molecule has 1 unspecified atom stereocenters. The third kappa shape index (κ3) is 5.30. The predicted molar refractivity (Wildman–Crippen MR) is 124 cm³/mol. The van der Waals surface area contributed by atoms with Crippen LogP contribution < -0.4 is 0 Å². The lowest BCUT2D eigenvalue weighted by molar-refractivity contribution is 0.0526. The third-order valence-corrected chi connectivity index (χ3v) is 5.70. The van der Waals surface area contributed by atoms with Crippen molar-refractivity contribution in [3.8, 4) is 11.8 Å². The van der Waals surface area contributed by atoms with E-state index in [0.717, 1.165) is 12.0 Å². The van der Waals surface area contributed by atoms with E-state index in [4.69, 9.17) is 4.74 Å². The number of carbonyl (C=O) groups excluding carboxylic acids is 1. The summed E-state index contributed by atoms with van der Waals surface area (Å²) in [6, 6.07) is 16.0. The van der Waals surface area contributed by atoms with Crippen LogP contribution in [0.15, 0.2) is 66.8 Å². The molecule has 0 aromatic heterocycles. The van der Waals surface area contributed by atoms with Crippen molar-refractivity contribution in [1.29, 1.82) is 0 Å². The van der Waals surface area contributed by atoms with Gasteiger partial charge in [0.25, 0.3) is 0 Å². The number of esters is 1. The van der Waals surface area contributed by atoms with Gasteiger partial charge in [0, 0.05) is 11.5 Å². The topological polar surface area (TPSA) is 26.3 Å². The van der Waals surface area contributed by atoms with Crippen LogP contribution >= 0.6 is 0 Å². The van der Waals surface area contributed by atoms with Crippen molar-refractivity contribution in [1.82, 2.24) is 0 Å². The van der Waals surface area contributed by atoms with Crippen molar-refractivity contribution < 1.29 is 9.53 Å². The van der Waals surface area contributed by atoms with E-state index in [1.54, 1.807) is 19.1 Å². The van der Waals surface area contributed by atoms with E-state index in [9.17, 15) is 4.79 Å². The highest BCUT2D eigenvalue weighted by molar-refractivity contribution is 5.89. The molecular weight excluding hydrogens is 368 g/mol. The summed E-state index contributed by atoms with van der Waals surface area (Å²) < 4.78 is 5.01. The molecule has 3 rings (SSSR count). The maximum absolute atomic E-state index is 11.7. The molecule has 2 nitrogen and oxygen atoms in total. The molecule has 0 N–H and O–H groups in total. The van der Waals surface area contributed by atoms with Crippen LogP contribution in [0.5, 0.6) is 0 Å².